The SMILES string of the molecule is CC(=O)NCC(=O)N(CC(=O)O)C(C)C. The van der Waals surface area contributed by atoms with Gasteiger partial charge in [0.2, 0.25) is 11.8 Å². The zero-order chi connectivity index (χ0) is 12.0. The molecule has 0 aliphatic heterocycles. The van der Waals surface area contributed by atoms with Gasteiger partial charge in [-0.25, -0.2) is 0 Å². The Balaban J connectivity index is 4.29. The third-order valence-electron chi connectivity index (χ3n) is 1.74. The highest BCUT2D eigenvalue weighted by molar-refractivity contribution is 5.86. The summed E-state index contributed by atoms with van der Waals surface area (Å²) in [4.78, 5) is 33.7. The van der Waals surface area contributed by atoms with Crippen LogP contribution >= 0.6 is 0 Å². The van der Waals surface area contributed by atoms with Gasteiger partial charge in [0.05, 0.1) is 6.54 Å². The molecule has 15 heavy (non-hydrogen) atoms. The van der Waals surface area contributed by atoms with Crippen molar-refractivity contribution in [1.82, 2.24) is 10.2 Å². The van der Waals surface area contributed by atoms with Crippen LogP contribution in [-0.4, -0.2) is 46.9 Å². The highest BCUT2D eigenvalue weighted by Crippen LogP contribution is 1.98. The van der Waals surface area contributed by atoms with Crippen molar-refractivity contribution in [3.05, 3.63) is 0 Å². The Bertz CT molecular complexity index is 263. The van der Waals surface area contributed by atoms with E-state index in [0.717, 1.165) is 0 Å². The summed E-state index contributed by atoms with van der Waals surface area (Å²) in [6.07, 6.45) is 0. The number of aliphatic carboxylic acids is 1. The number of amides is 2. The molecule has 0 aromatic rings. The van der Waals surface area contributed by atoms with Crippen molar-refractivity contribution < 1.29 is 19.5 Å². The molecular formula is C9H16N2O4. The van der Waals surface area contributed by atoms with E-state index in [0.29, 0.717) is 0 Å². The summed E-state index contributed by atoms with van der Waals surface area (Å²) in [6.45, 7) is 4.21. The van der Waals surface area contributed by atoms with E-state index in [-0.39, 0.29) is 25.0 Å². The normalized spacial score (nSPS) is 9.87. The van der Waals surface area contributed by atoms with Gasteiger partial charge in [-0.1, -0.05) is 0 Å². The molecule has 0 saturated carbocycles. The molecule has 0 atom stereocenters. The van der Waals surface area contributed by atoms with Crippen LogP contribution in [0.3, 0.4) is 0 Å². The first kappa shape index (κ1) is 13.4. The minimum absolute atomic E-state index is 0.166. The molecule has 0 unspecified atom stereocenters. The quantitative estimate of drug-likeness (QED) is 0.645. The van der Waals surface area contributed by atoms with Crippen LogP contribution in [0.1, 0.15) is 20.8 Å². The lowest BCUT2D eigenvalue weighted by Crippen LogP contribution is -2.45. The third-order valence-corrected chi connectivity index (χ3v) is 1.74. The lowest BCUT2D eigenvalue weighted by molar-refractivity contribution is -0.145. The Morgan fingerprint density at radius 2 is 1.87 bits per heavy atom. The number of rotatable bonds is 5. The van der Waals surface area contributed by atoms with Gasteiger partial charge < -0.3 is 15.3 Å². The molecule has 0 aromatic carbocycles. The molecule has 86 valence electrons. The van der Waals surface area contributed by atoms with Gasteiger partial charge in [0.15, 0.2) is 0 Å². The van der Waals surface area contributed by atoms with Crippen LogP contribution in [0.2, 0.25) is 0 Å². The Kier molecular flexibility index (Phi) is 5.36. The molecule has 0 spiro atoms. The summed E-state index contributed by atoms with van der Waals surface area (Å²) in [5, 5.41) is 10.9. The number of nitrogens with one attached hydrogen (secondary N) is 1. The molecule has 0 aliphatic rings. The molecule has 0 radical (unpaired) electrons. The Labute approximate surface area is 88.2 Å². The van der Waals surface area contributed by atoms with Gasteiger partial charge in [-0.3, -0.25) is 14.4 Å². The van der Waals surface area contributed by atoms with Crippen molar-refractivity contribution in [2.45, 2.75) is 26.8 Å². The van der Waals surface area contributed by atoms with E-state index in [4.69, 9.17) is 5.11 Å². The number of carbonyl (C=O) groups is 3. The van der Waals surface area contributed by atoms with Crippen LogP contribution in [-0.2, 0) is 14.4 Å². The van der Waals surface area contributed by atoms with E-state index in [2.05, 4.69) is 5.32 Å². The average Bonchev–Trinajstić information content (AvgIpc) is 2.09. The third kappa shape index (κ3) is 5.66. The monoisotopic (exact) mass is 216 g/mol. The molecule has 6 nitrogen and oxygen atoms in total. The largest absolute Gasteiger partial charge is 0.480 e. The summed E-state index contributed by atoms with van der Waals surface area (Å²) in [5.41, 5.74) is 0. The molecule has 6 heteroatoms. The molecule has 2 amide bonds. The lowest BCUT2D eigenvalue weighted by Gasteiger charge is -2.24. The van der Waals surface area contributed by atoms with Gasteiger partial charge in [-0.05, 0) is 13.8 Å². The lowest BCUT2D eigenvalue weighted by atomic mass is 10.3. The highest BCUT2D eigenvalue weighted by atomic mass is 16.4. The molecule has 0 heterocycles. The van der Waals surface area contributed by atoms with Crippen LogP contribution < -0.4 is 5.32 Å². The van der Waals surface area contributed by atoms with E-state index in [9.17, 15) is 14.4 Å². The first-order valence-corrected chi connectivity index (χ1v) is 4.60. The molecule has 0 fully saturated rings. The number of carboxylic acid groups (broad SMARTS) is 1. The first-order valence-electron chi connectivity index (χ1n) is 4.60. The summed E-state index contributed by atoms with van der Waals surface area (Å²) in [5.74, 6) is -1.79. The molecule has 0 aliphatic carbocycles. The van der Waals surface area contributed by atoms with Crippen molar-refractivity contribution in [2.24, 2.45) is 0 Å². The van der Waals surface area contributed by atoms with E-state index >= 15 is 0 Å². The average molecular weight is 216 g/mol. The zero-order valence-corrected chi connectivity index (χ0v) is 9.11. The number of carbonyl (C=O) groups excluding carboxylic acids is 2. The van der Waals surface area contributed by atoms with Crippen molar-refractivity contribution in [3.8, 4) is 0 Å². The standard InChI is InChI=1S/C9H16N2O4/c1-6(2)11(5-9(14)15)8(13)4-10-7(3)12/h6H,4-5H2,1-3H3,(H,10,12)(H,14,15). The molecule has 0 rings (SSSR count). The van der Waals surface area contributed by atoms with Gasteiger partial charge in [0.1, 0.15) is 6.54 Å². The predicted molar refractivity (Wildman–Crippen MR) is 53.2 cm³/mol. The molecule has 0 saturated heterocycles. The van der Waals surface area contributed by atoms with Gasteiger partial charge in [0, 0.05) is 13.0 Å². The fraction of sp³-hybridized carbons (Fsp3) is 0.667. The maximum atomic E-state index is 11.5. The van der Waals surface area contributed by atoms with Crippen molar-refractivity contribution in [2.75, 3.05) is 13.1 Å². The number of hydrogen-bond acceptors (Lipinski definition) is 3. The van der Waals surface area contributed by atoms with Gasteiger partial charge in [-0.15, -0.1) is 0 Å². The second-order valence-electron chi connectivity index (χ2n) is 3.42. The van der Waals surface area contributed by atoms with Gasteiger partial charge in [0.25, 0.3) is 0 Å². The van der Waals surface area contributed by atoms with Crippen molar-refractivity contribution in [3.63, 3.8) is 0 Å². The van der Waals surface area contributed by atoms with E-state index < -0.39 is 11.9 Å². The predicted octanol–water partition coefficient (Wildman–Crippen LogP) is -0.556. The van der Waals surface area contributed by atoms with E-state index in [1.54, 1.807) is 13.8 Å². The zero-order valence-electron chi connectivity index (χ0n) is 9.11. The number of nitrogens with zero attached hydrogens (tertiary/aromatic N) is 1. The van der Waals surface area contributed by atoms with E-state index in [1.807, 2.05) is 0 Å². The Morgan fingerprint density at radius 1 is 1.33 bits per heavy atom. The van der Waals surface area contributed by atoms with Crippen LogP contribution in [0.5, 0.6) is 0 Å². The second-order valence-corrected chi connectivity index (χ2v) is 3.42. The maximum absolute atomic E-state index is 11.5. The van der Waals surface area contributed by atoms with Crippen molar-refractivity contribution in [1.29, 1.82) is 0 Å². The molecular weight excluding hydrogens is 200 g/mol. The van der Waals surface area contributed by atoms with E-state index in [1.165, 1.54) is 11.8 Å². The van der Waals surface area contributed by atoms with Crippen molar-refractivity contribution >= 4 is 17.8 Å². The number of hydrogen-bond donors (Lipinski definition) is 2. The van der Waals surface area contributed by atoms with Gasteiger partial charge >= 0.3 is 5.97 Å². The smallest absolute Gasteiger partial charge is 0.323 e. The Morgan fingerprint density at radius 3 is 2.20 bits per heavy atom. The fourth-order valence-electron chi connectivity index (χ4n) is 1.01. The molecule has 0 bridgehead atoms. The van der Waals surface area contributed by atoms with Gasteiger partial charge in [-0.2, -0.15) is 0 Å². The first-order chi connectivity index (χ1) is 6.84. The topological polar surface area (TPSA) is 86.7 Å². The van der Waals surface area contributed by atoms with Crippen LogP contribution in [0.25, 0.3) is 0 Å². The number of carboxylic acids is 1. The fourth-order valence-corrected chi connectivity index (χ4v) is 1.01. The summed E-state index contributed by atoms with van der Waals surface area (Å²) < 4.78 is 0. The van der Waals surface area contributed by atoms with Crippen LogP contribution in [0.15, 0.2) is 0 Å². The molecule has 0 aromatic heterocycles. The summed E-state index contributed by atoms with van der Waals surface area (Å²) in [6, 6.07) is -0.206. The Hall–Kier alpha value is -1.59. The maximum Gasteiger partial charge on any atom is 0.323 e. The minimum Gasteiger partial charge on any atom is -0.480 e. The minimum atomic E-state index is -1.07. The van der Waals surface area contributed by atoms with Crippen LogP contribution in [0, 0.1) is 0 Å². The summed E-state index contributed by atoms with van der Waals surface area (Å²) >= 11 is 0. The molecule has 2 N–H and O–H groups in total. The second kappa shape index (κ2) is 6.00. The van der Waals surface area contributed by atoms with Crippen LogP contribution in [0.4, 0.5) is 0 Å². The highest BCUT2D eigenvalue weighted by Gasteiger charge is 2.19. The summed E-state index contributed by atoms with van der Waals surface area (Å²) in [7, 11) is 0.